The summed E-state index contributed by atoms with van der Waals surface area (Å²) in [5.41, 5.74) is 4.08. The van der Waals surface area contributed by atoms with Crippen molar-refractivity contribution >= 4 is 29.0 Å². The molecule has 1 unspecified atom stereocenters. The lowest BCUT2D eigenvalue weighted by molar-refractivity contribution is -0.122. The number of nitrogens with zero attached hydrogens (tertiary/aromatic N) is 3. The summed E-state index contributed by atoms with van der Waals surface area (Å²) in [6.45, 7) is 2.45. The van der Waals surface area contributed by atoms with Crippen molar-refractivity contribution in [2.45, 2.75) is 13.3 Å². The van der Waals surface area contributed by atoms with Crippen LogP contribution in [0.4, 0.5) is 11.5 Å². The number of ether oxygens (including phenoxy) is 2. The van der Waals surface area contributed by atoms with Crippen LogP contribution >= 0.6 is 0 Å². The SMILES string of the molecule is Cc1cccn2c(NC(=O)C3CC(=O)N(c4ccc5c(c4)OCO5)C3)c(-c3ccccc3)nc12. The van der Waals surface area contributed by atoms with Gasteiger partial charge in [-0.3, -0.25) is 14.0 Å². The van der Waals surface area contributed by atoms with E-state index >= 15 is 0 Å². The van der Waals surface area contributed by atoms with E-state index in [1.165, 1.54) is 0 Å². The number of pyridine rings is 1. The number of amides is 2. The van der Waals surface area contributed by atoms with Crippen molar-refractivity contribution in [1.82, 2.24) is 9.38 Å². The molecule has 34 heavy (non-hydrogen) atoms. The fourth-order valence-electron chi connectivity index (χ4n) is 4.53. The number of aryl methyl sites for hydroxylation is 1. The maximum Gasteiger partial charge on any atom is 0.231 e. The second kappa shape index (κ2) is 7.91. The monoisotopic (exact) mass is 454 g/mol. The number of benzene rings is 2. The molecular formula is C26H22N4O4. The first-order chi connectivity index (χ1) is 16.6. The minimum absolute atomic E-state index is 0.101. The van der Waals surface area contributed by atoms with Crippen LogP contribution in [-0.4, -0.2) is 34.5 Å². The van der Waals surface area contributed by atoms with E-state index in [1.807, 2.05) is 66.1 Å². The summed E-state index contributed by atoms with van der Waals surface area (Å²) >= 11 is 0. The third kappa shape index (κ3) is 3.35. The zero-order valence-electron chi connectivity index (χ0n) is 18.5. The lowest BCUT2D eigenvalue weighted by Crippen LogP contribution is -2.28. The first kappa shape index (κ1) is 20.3. The number of carbonyl (C=O) groups is 2. The molecule has 0 spiro atoms. The Morgan fingerprint density at radius 1 is 1.06 bits per heavy atom. The van der Waals surface area contributed by atoms with E-state index in [0.717, 1.165) is 16.8 Å². The van der Waals surface area contributed by atoms with Gasteiger partial charge in [0.1, 0.15) is 17.2 Å². The Kier molecular flexibility index (Phi) is 4.72. The van der Waals surface area contributed by atoms with Gasteiger partial charge >= 0.3 is 0 Å². The molecule has 8 heteroatoms. The maximum atomic E-state index is 13.4. The van der Waals surface area contributed by atoms with Crippen LogP contribution in [0.15, 0.2) is 66.9 Å². The minimum Gasteiger partial charge on any atom is -0.454 e. The second-order valence-electron chi connectivity index (χ2n) is 8.49. The van der Waals surface area contributed by atoms with Crippen LogP contribution in [0, 0.1) is 12.8 Å². The van der Waals surface area contributed by atoms with E-state index in [0.29, 0.717) is 35.2 Å². The zero-order chi connectivity index (χ0) is 23.2. The molecule has 170 valence electrons. The second-order valence-corrected chi connectivity index (χ2v) is 8.49. The van der Waals surface area contributed by atoms with Crippen molar-refractivity contribution in [3.8, 4) is 22.8 Å². The van der Waals surface area contributed by atoms with Crippen LogP contribution in [0.2, 0.25) is 0 Å². The van der Waals surface area contributed by atoms with Gasteiger partial charge in [-0.1, -0.05) is 36.4 Å². The highest BCUT2D eigenvalue weighted by Crippen LogP contribution is 2.37. The summed E-state index contributed by atoms with van der Waals surface area (Å²) < 4.78 is 12.7. The van der Waals surface area contributed by atoms with E-state index in [4.69, 9.17) is 14.5 Å². The summed E-state index contributed by atoms with van der Waals surface area (Å²) in [5.74, 6) is 1.06. The first-order valence-corrected chi connectivity index (χ1v) is 11.1. The highest BCUT2D eigenvalue weighted by atomic mass is 16.7. The number of nitrogens with one attached hydrogen (secondary N) is 1. The molecule has 1 N–H and O–H groups in total. The highest BCUT2D eigenvalue weighted by molar-refractivity contribution is 6.04. The predicted octanol–water partition coefficient (Wildman–Crippen LogP) is 4.03. The summed E-state index contributed by atoms with van der Waals surface area (Å²) in [6, 6.07) is 19.0. The van der Waals surface area contributed by atoms with Gasteiger partial charge in [-0.15, -0.1) is 0 Å². The van der Waals surface area contributed by atoms with Crippen molar-refractivity contribution in [2.75, 3.05) is 23.6 Å². The number of aromatic nitrogens is 2. The Hall–Kier alpha value is -4.33. The number of fused-ring (bicyclic) bond motifs is 2. The Morgan fingerprint density at radius 2 is 1.88 bits per heavy atom. The molecule has 4 heterocycles. The standard InChI is InChI=1S/C26H22N4O4/c1-16-6-5-11-29-24(16)27-23(17-7-3-2-4-8-17)25(29)28-26(32)18-12-22(31)30(14-18)19-9-10-20-21(13-19)34-15-33-20/h2-11,13,18H,12,14-15H2,1H3,(H,28,32). The molecular weight excluding hydrogens is 432 g/mol. The fourth-order valence-corrected chi connectivity index (χ4v) is 4.53. The Balaban J connectivity index is 1.29. The van der Waals surface area contributed by atoms with Gasteiger partial charge in [0.2, 0.25) is 18.6 Å². The van der Waals surface area contributed by atoms with E-state index in [-0.39, 0.29) is 25.0 Å². The molecule has 1 atom stereocenters. The van der Waals surface area contributed by atoms with Crippen molar-refractivity contribution in [2.24, 2.45) is 5.92 Å². The maximum absolute atomic E-state index is 13.4. The Morgan fingerprint density at radius 3 is 2.74 bits per heavy atom. The van der Waals surface area contributed by atoms with E-state index < -0.39 is 5.92 Å². The number of rotatable bonds is 4. The molecule has 2 aliphatic heterocycles. The minimum atomic E-state index is -0.489. The van der Waals surface area contributed by atoms with Crippen LogP contribution in [0.5, 0.6) is 11.5 Å². The smallest absolute Gasteiger partial charge is 0.231 e. The van der Waals surface area contributed by atoms with Crippen LogP contribution in [-0.2, 0) is 9.59 Å². The molecule has 1 fully saturated rings. The van der Waals surface area contributed by atoms with E-state index in [2.05, 4.69) is 5.32 Å². The summed E-state index contributed by atoms with van der Waals surface area (Å²) in [6.07, 6.45) is 2.02. The third-order valence-corrected chi connectivity index (χ3v) is 6.30. The Labute approximate surface area is 195 Å². The first-order valence-electron chi connectivity index (χ1n) is 11.1. The topological polar surface area (TPSA) is 85.2 Å². The normalized spacial score (nSPS) is 16.9. The van der Waals surface area contributed by atoms with Gasteiger partial charge in [-0.2, -0.15) is 0 Å². The third-order valence-electron chi connectivity index (χ3n) is 6.30. The largest absolute Gasteiger partial charge is 0.454 e. The molecule has 4 aromatic rings. The van der Waals surface area contributed by atoms with Gasteiger partial charge in [0.15, 0.2) is 11.5 Å². The van der Waals surface area contributed by atoms with Crippen LogP contribution in [0.1, 0.15) is 12.0 Å². The molecule has 2 aliphatic rings. The lowest BCUT2D eigenvalue weighted by Gasteiger charge is -2.17. The van der Waals surface area contributed by atoms with Gasteiger partial charge in [-0.25, -0.2) is 4.98 Å². The number of carbonyl (C=O) groups excluding carboxylic acids is 2. The summed E-state index contributed by atoms with van der Waals surface area (Å²) in [4.78, 5) is 32.6. The average Bonchev–Trinajstić information content (AvgIpc) is 3.57. The van der Waals surface area contributed by atoms with Crippen molar-refractivity contribution in [3.63, 3.8) is 0 Å². The quantitative estimate of drug-likeness (QED) is 0.503. The molecule has 6 rings (SSSR count). The predicted molar refractivity (Wildman–Crippen MR) is 127 cm³/mol. The molecule has 8 nitrogen and oxygen atoms in total. The van der Waals surface area contributed by atoms with E-state index in [9.17, 15) is 9.59 Å². The van der Waals surface area contributed by atoms with Gasteiger partial charge in [0.05, 0.1) is 5.92 Å². The zero-order valence-corrected chi connectivity index (χ0v) is 18.5. The molecule has 2 aromatic heterocycles. The molecule has 0 aliphatic carbocycles. The average molecular weight is 454 g/mol. The molecule has 2 aromatic carbocycles. The van der Waals surface area contributed by atoms with Gasteiger partial charge in [0.25, 0.3) is 0 Å². The van der Waals surface area contributed by atoms with E-state index in [1.54, 1.807) is 17.0 Å². The number of imidazole rings is 1. The van der Waals surface area contributed by atoms with Crippen molar-refractivity contribution < 1.29 is 19.1 Å². The van der Waals surface area contributed by atoms with Crippen molar-refractivity contribution in [3.05, 3.63) is 72.4 Å². The Bertz CT molecular complexity index is 1430. The van der Waals surface area contributed by atoms with Gasteiger partial charge in [-0.05, 0) is 30.7 Å². The molecule has 0 saturated carbocycles. The molecule has 1 saturated heterocycles. The number of hydrogen-bond donors (Lipinski definition) is 1. The van der Waals surface area contributed by atoms with Crippen LogP contribution in [0.3, 0.4) is 0 Å². The van der Waals surface area contributed by atoms with Crippen LogP contribution in [0.25, 0.3) is 16.9 Å². The van der Waals surface area contributed by atoms with Crippen molar-refractivity contribution in [1.29, 1.82) is 0 Å². The highest BCUT2D eigenvalue weighted by Gasteiger charge is 2.36. The number of anilines is 2. The molecule has 2 amide bonds. The van der Waals surface area contributed by atoms with Crippen LogP contribution < -0.4 is 19.7 Å². The molecule has 0 bridgehead atoms. The fraction of sp³-hybridized carbons (Fsp3) is 0.192. The summed E-state index contributed by atoms with van der Waals surface area (Å²) in [5, 5.41) is 3.07. The summed E-state index contributed by atoms with van der Waals surface area (Å²) in [7, 11) is 0. The van der Waals surface area contributed by atoms with Gasteiger partial charge < -0.3 is 19.7 Å². The lowest BCUT2D eigenvalue weighted by atomic mass is 10.1. The van der Waals surface area contributed by atoms with Gasteiger partial charge in [0, 0.05) is 36.5 Å². The number of hydrogen-bond acceptors (Lipinski definition) is 5. The molecule has 0 radical (unpaired) electrons.